The van der Waals surface area contributed by atoms with E-state index >= 15 is 0 Å². The molecule has 0 saturated carbocycles. The lowest BCUT2D eigenvalue weighted by Crippen LogP contribution is -2.03. The molecule has 1 N–H and O–H groups in total. The first kappa shape index (κ1) is 13.7. The van der Waals surface area contributed by atoms with E-state index < -0.39 is 6.61 Å². The Balaban J connectivity index is 2.09. The molecule has 2 rings (SSSR count). The van der Waals surface area contributed by atoms with Crippen molar-refractivity contribution in [3.8, 4) is 11.5 Å². The number of ether oxygens (including phenoxy) is 1. The van der Waals surface area contributed by atoms with Gasteiger partial charge in [-0.2, -0.15) is 8.78 Å². The highest BCUT2D eigenvalue weighted by molar-refractivity contribution is 7.98. The molecule has 19 heavy (non-hydrogen) atoms. The van der Waals surface area contributed by atoms with Crippen LogP contribution in [-0.4, -0.2) is 11.7 Å². The Bertz CT molecular complexity index is 546. The number of aromatic hydroxyl groups is 1. The monoisotopic (exact) mass is 282 g/mol. The minimum Gasteiger partial charge on any atom is -0.507 e. The third-order valence-corrected chi connectivity index (χ3v) is 3.55. The van der Waals surface area contributed by atoms with Crippen molar-refractivity contribution in [3.63, 3.8) is 0 Å². The van der Waals surface area contributed by atoms with E-state index in [0.29, 0.717) is 16.2 Å². The number of hydrogen-bond donors (Lipinski definition) is 1. The molecule has 100 valence electrons. The van der Waals surface area contributed by atoms with Crippen LogP contribution in [0.15, 0.2) is 53.4 Å². The summed E-state index contributed by atoms with van der Waals surface area (Å²) in [6, 6.07) is 13.5. The molecule has 0 aliphatic heterocycles. The van der Waals surface area contributed by atoms with E-state index in [2.05, 4.69) is 4.74 Å². The van der Waals surface area contributed by atoms with Gasteiger partial charge in [-0.1, -0.05) is 30.3 Å². The van der Waals surface area contributed by atoms with Crippen LogP contribution in [0.5, 0.6) is 11.5 Å². The van der Waals surface area contributed by atoms with Crippen LogP contribution in [0.1, 0.15) is 5.56 Å². The number of thioether (sulfide) groups is 1. The van der Waals surface area contributed by atoms with Crippen LogP contribution >= 0.6 is 11.8 Å². The number of rotatable bonds is 5. The van der Waals surface area contributed by atoms with Crippen LogP contribution in [-0.2, 0) is 5.75 Å². The largest absolute Gasteiger partial charge is 0.507 e. The topological polar surface area (TPSA) is 29.5 Å². The molecular weight excluding hydrogens is 270 g/mol. The Labute approximate surface area is 114 Å². The quantitative estimate of drug-likeness (QED) is 0.830. The normalized spacial score (nSPS) is 10.7. The van der Waals surface area contributed by atoms with Gasteiger partial charge in [0, 0.05) is 16.2 Å². The summed E-state index contributed by atoms with van der Waals surface area (Å²) in [6.45, 7) is -2.84. The molecule has 0 heterocycles. The van der Waals surface area contributed by atoms with Crippen molar-refractivity contribution in [2.75, 3.05) is 0 Å². The molecule has 0 bridgehead atoms. The second-order valence-corrected chi connectivity index (χ2v) is 4.76. The van der Waals surface area contributed by atoms with E-state index in [1.807, 2.05) is 6.07 Å². The number of phenols is 1. The lowest BCUT2D eigenvalue weighted by molar-refractivity contribution is -0.0503. The van der Waals surface area contributed by atoms with Gasteiger partial charge in [-0.3, -0.25) is 0 Å². The summed E-state index contributed by atoms with van der Waals surface area (Å²) >= 11 is 1.37. The van der Waals surface area contributed by atoms with Gasteiger partial charge < -0.3 is 9.84 Å². The minimum atomic E-state index is -2.84. The van der Waals surface area contributed by atoms with Crippen molar-refractivity contribution in [1.29, 1.82) is 0 Å². The van der Waals surface area contributed by atoms with Gasteiger partial charge >= 0.3 is 6.61 Å². The maximum Gasteiger partial charge on any atom is 0.387 e. The maximum atomic E-state index is 12.3. The first-order valence-electron chi connectivity index (χ1n) is 5.60. The molecule has 2 nitrogen and oxygen atoms in total. The van der Waals surface area contributed by atoms with E-state index in [-0.39, 0.29) is 11.5 Å². The van der Waals surface area contributed by atoms with Crippen molar-refractivity contribution in [1.82, 2.24) is 0 Å². The second kappa shape index (κ2) is 6.43. The van der Waals surface area contributed by atoms with E-state index in [9.17, 15) is 13.9 Å². The highest BCUT2D eigenvalue weighted by atomic mass is 32.2. The van der Waals surface area contributed by atoms with Crippen LogP contribution < -0.4 is 4.74 Å². The zero-order valence-corrected chi connectivity index (χ0v) is 10.7. The van der Waals surface area contributed by atoms with Gasteiger partial charge in [-0.05, 0) is 18.2 Å². The van der Waals surface area contributed by atoms with Gasteiger partial charge in [0.1, 0.15) is 11.5 Å². The summed E-state index contributed by atoms with van der Waals surface area (Å²) in [5, 5.41) is 9.63. The smallest absolute Gasteiger partial charge is 0.387 e. The van der Waals surface area contributed by atoms with Gasteiger partial charge in [0.05, 0.1) is 0 Å². The molecule has 0 aliphatic rings. The number of halogens is 2. The average molecular weight is 282 g/mol. The number of alkyl halides is 2. The summed E-state index contributed by atoms with van der Waals surface area (Å²) < 4.78 is 29.0. The van der Waals surface area contributed by atoms with Crippen molar-refractivity contribution in [2.24, 2.45) is 0 Å². The van der Waals surface area contributed by atoms with Gasteiger partial charge in [0.25, 0.3) is 0 Å². The van der Waals surface area contributed by atoms with Crippen LogP contribution in [0.4, 0.5) is 8.78 Å². The lowest BCUT2D eigenvalue weighted by atomic mass is 10.2. The highest BCUT2D eigenvalue weighted by Gasteiger charge is 2.10. The molecule has 0 amide bonds. The summed E-state index contributed by atoms with van der Waals surface area (Å²) in [5.74, 6) is 0.792. The first-order valence-corrected chi connectivity index (χ1v) is 6.59. The van der Waals surface area contributed by atoms with Crippen LogP contribution in [0.25, 0.3) is 0 Å². The molecule has 0 aromatic heterocycles. The van der Waals surface area contributed by atoms with Crippen LogP contribution in [0, 0.1) is 0 Å². The van der Waals surface area contributed by atoms with Crippen molar-refractivity contribution in [2.45, 2.75) is 17.3 Å². The fourth-order valence-corrected chi connectivity index (χ4v) is 2.51. The van der Waals surface area contributed by atoms with Gasteiger partial charge in [0.2, 0.25) is 0 Å². The Morgan fingerprint density at radius 1 is 1.05 bits per heavy atom. The number of phenolic OH excluding ortho intramolecular Hbond substituents is 1. The van der Waals surface area contributed by atoms with Gasteiger partial charge in [0.15, 0.2) is 0 Å². The fraction of sp³-hybridized carbons (Fsp3) is 0.143. The Morgan fingerprint density at radius 2 is 1.74 bits per heavy atom. The SMILES string of the molecule is Oc1ccccc1SCc1ccccc1OC(F)F. The predicted molar refractivity (Wildman–Crippen MR) is 70.7 cm³/mol. The molecule has 0 atom stereocenters. The number of para-hydroxylation sites is 2. The van der Waals surface area contributed by atoms with Crippen LogP contribution in [0.2, 0.25) is 0 Å². The third-order valence-electron chi connectivity index (χ3n) is 2.44. The average Bonchev–Trinajstić information content (AvgIpc) is 2.39. The van der Waals surface area contributed by atoms with E-state index in [0.717, 1.165) is 0 Å². The first-order chi connectivity index (χ1) is 9.16. The summed E-state index contributed by atoms with van der Waals surface area (Å²) in [7, 11) is 0. The molecule has 0 spiro atoms. The molecule has 0 unspecified atom stereocenters. The van der Waals surface area contributed by atoms with Crippen LogP contribution in [0.3, 0.4) is 0 Å². The van der Waals surface area contributed by atoms with E-state index in [4.69, 9.17) is 0 Å². The Hall–Kier alpha value is -1.75. The van der Waals surface area contributed by atoms with Gasteiger partial charge in [-0.15, -0.1) is 11.8 Å². The molecule has 0 aliphatic carbocycles. The Kier molecular flexibility index (Phi) is 4.63. The molecule has 0 fully saturated rings. The van der Waals surface area contributed by atoms with Crippen molar-refractivity contribution < 1.29 is 18.6 Å². The lowest BCUT2D eigenvalue weighted by Gasteiger charge is -2.10. The van der Waals surface area contributed by atoms with E-state index in [1.54, 1.807) is 36.4 Å². The van der Waals surface area contributed by atoms with Crippen molar-refractivity contribution >= 4 is 11.8 Å². The summed E-state index contributed by atoms with van der Waals surface area (Å²) in [5.41, 5.74) is 0.663. The molecule has 2 aromatic carbocycles. The minimum absolute atomic E-state index is 0.167. The molecule has 5 heteroatoms. The molecule has 0 radical (unpaired) electrons. The predicted octanol–water partition coefficient (Wildman–Crippen LogP) is 4.29. The molecule has 0 saturated heterocycles. The third kappa shape index (κ3) is 3.86. The zero-order valence-electron chi connectivity index (χ0n) is 9.92. The maximum absolute atomic E-state index is 12.3. The van der Waals surface area contributed by atoms with Gasteiger partial charge in [-0.25, -0.2) is 0 Å². The summed E-state index contributed by atoms with van der Waals surface area (Å²) in [4.78, 5) is 0.703. The van der Waals surface area contributed by atoms with E-state index in [1.165, 1.54) is 17.8 Å². The highest BCUT2D eigenvalue weighted by Crippen LogP contribution is 2.33. The fourth-order valence-electron chi connectivity index (χ4n) is 1.57. The molecular formula is C14H12F2O2S. The number of hydrogen-bond acceptors (Lipinski definition) is 3. The zero-order chi connectivity index (χ0) is 13.7. The second-order valence-electron chi connectivity index (χ2n) is 3.74. The molecule has 2 aromatic rings. The summed E-state index contributed by atoms with van der Waals surface area (Å²) in [6.07, 6.45) is 0. The standard InChI is InChI=1S/C14H12F2O2S/c15-14(16)18-12-7-3-1-5-10(12)9-19-13-8-4-2-6-11(13)17/h1-8,14,17H,9H2. The van der Waals surface area contributed by atoms with Crippen molar-refractivity contribution in [3.05, 3.63) is 54.1 Å². The Morgan fingerprint density at radius 3 is 2.47 bits per heavy atom. The number of benzene rings is 2.